The molecular formula is C16H24ClN3O3S. The van der Waals surface area contributed by atoms with E-state index in [-0.39, 0.29) is 24.4 Å². The van der Waals surface area contributed by atoms with Gasteiger partial charge in [-0.1, -0.05) is 6.42 Å². The molecule has 6 nitrogen and oxygen atoms in total. The van der Waals surface area contributed by atoms with Crippen molar-refractivity contribution in [3.8, 4) is 0 Å². The van der Waals surface area contributed by atoms with E-state index in [9.17, 15) is 13.2 Å². The summed E-state index contributed by atoms with van der Waals surface area (Å²) in [7, 11) is -3.26. The minimum atomic E-state index is -3.26. The van der Waals surface area contributed by atoms with Gasteiger partial charge in [-0.2, -0.15) is 0 Å². The number of nitrogens with zero attached hydrogens (tertiary/aromatic N) is 1. The van der Waals surface area contributed by atoms with Gasteiger partial charge in [-0.05, 0) is 55.5 Å². The smallest absolute Gasteiger partial charge is 0.251 e. The topological polar surface area (TPSA) is 92.5 Å². The lowest BCUT2D eigenvalue weighted by atomic mass is 10.0. The van der Waals surface area contributed by atoms with Crippen LogP contribution in [0.4, 0.5) is 5.69 Å². The number of benzene rings is 1. The number of halogens is 1. The molecule has 0 bridgehead atoms. The van der Waals surface area contributed by atoms with E-state index in [0.717, 1.165) is 24.8 Å². The summed E-state index contributed by atoms with van der Waals surface area (Å²) in [6.07, 6.45) is 4.98. The number of carbonyl (C=O) groups excluding carboxylic acids is 1. The fourth-order valence-electron chi connectivity index (χ4n) is 3.62. The first-order valence-electron chi connectivity index (χ1n) is 8.01. The van der Waals surface area contributed by atoms with E-state index in [0.29, 0.717) is 36.7 Å². The van der Waals surface area contributed by atoms with Crippen LogP contribution in [-0.2, 0) is 16.4 Å². The van der Waals surface area contributed by atoms with Crippen LogP contribution in [0.1, 0.15) is 35.2 Å². The molecule has 1 aliphatic heterocycles. The van der Waals surface area contributed by atoms with Crippen molar-refractivity contribution in [2.75, 3.05) is 23.7 Å². The van der Waals surface area contributed by atoms with Gasteiger partial charge in [0.1, 0.15) is 0 Å². The fourth-order valence-corrected chi connectivity index (χ4v) is 4.58. The van der Waals surface area contributed by atoms with E-state index in [1.807, 2.05) is 6.07 Å². The maximum Gasteiger partial charge on any atom is 0.251 e. The Hall–Kier alpha value is -1.31. The van der Waals surface area contributed by atoms with Crippen LogP contribution in [0.2, 0.25) is 0 Å². The molecule has 2 atom stereocenters. The molecule has 1 heterocycles. The summed E-state index contributed by atoms with van der Waals surface area (Å²) < 4.78 is 24.9. The van der Waals surface area contributed by atoms with Crippen LogP contribution in [-0.4, -0.2) is 39.7 Å². The summed E-state index contributed by atoms with van der Waals surface area (Å²) in [5.41, 5.74) is 7.93. The molecule has 2 unspecified atom stereocenters. The zero-order chi connectivity index (χ0) is 16.6. The first kappa shape index (κ1) is 19.0. The highest BCUT2D eigenvalue weighted by Gasteiger charge is 2.29. The van der Waals surface area contributed by atoms with Crippen LogP contribution in [0.5, 0.6) is 0 Å². The van der Waals surface area contributed by atoms with E-state index >= 15 is 0 Å². The van der Waals surface area contributed by atoms with E-state index < -0.39 is 10.0 Å². The average Bonchev–Trinajstić information content (AvgIpc) is 3.11. The van der Waals surface area contributed by atoms with Gasteiger partial charge < -0.3 is 11.1 Å². The van der Waals surface area contributed by atoms with Crippen LogP contribution >= 0.6 is 12.4 Å². The third kappa shape index (κ3) is 3.68. The van der Waals surface area contributed by atoms with Crippen LogP contribution < -0.4 is 15.4 Å². The third-order valence-electron chi connectivity index (χ3n) is 4.87. The van der Waals surface area contributed by atoms with Crippen LogP contribution in [0.25, 0.3) is 0 Å². The second kappa shape index (κ2) is 7.29. The van der Waals surface area contributed by atoms with E-state index in [1.54, 1.807) is 12.1 Å². The largest absolute Gasteiger partial charge is 0.349 e. The van der Waals surface area contributed by atoms with Gasteiger partial charge in [0.25, 0.3) is 5.91 Å². The van der Waals surface area contributed by atoms with Crippen LogP contribution in [0, 0.1) is 5.92 Å². The predicted octanol–water partition coefficient (Wildman–Crippen LogP) is 1.29. The van der Waals surface area contributed by atoms with E-state index in [4.69, 9.17) is 5.73 Å². The number of anilines is 1. The molecule has 8 heteroatoms. The number of rotatable bonds is 4. The Kier molecular flexibility index (Phi) is 5.78. The number of nitrogens with one attached hydrogen (secondary N) is 1. The Bertz CT molecular complexity index is 723. The van der Waals surface area contributed by atoms with Gasteiger partial charge in [-0.3, -0.25) is 9.10 Å². The van der Waals surface area contributed by atoms with Gasteiger partial charge in [-0.25, -0.2) is 8.42 Å². The molecule has 0 saturated heterocycles. The van der Waals surface area contributed by atoms with Gasteiger partial charge in [0.15, 0.2) is 0 Å². The molecule has 3 rings (SSSR count). The summed E-state index contributed by atoms with van der Waals surface area (Å²) in [6.45, 7) is 1.04. The van der Waals surface area contributed by atoms with Crippen LogP contribution in [0.3, 0.4) is 0 Å². The Balaban J connectivity index is 0.00000208. The van der Waals surface area contributed by atoms with Gasteiger partial charge in [0.05, 0.1) is 11.9 Å². The standard InChI is InChI=1S/C16H23N3O3S.ClH/c1-23(21,22)19-8-7-11-9-12(5-6-15(11)19)16(20)18-14-4-2-3-13(14)10-17;/h5-6,9,13-14H,2-4,7-8,10,17H2,1H3,(H,18,20);1H. The monoisotopic (exact) mass is 373 g/mol. The van der Waals surface area contributed by atoms with E-state index in [2.05, 4.69) is 5.32 Å². The fraction of sp³-hybridized carbons (Fsp3) is 0.562. The molecule has 1 amide bonds. The van der Waals surface area contributed by atoms with Crippen molar-refractivity contribution in [1.29, 1.82) is 0 Å². The van der Waals surface area contributed by atoms with Gasteiger partial charge >= 0.3 is 0 Å². The Morgan fingerprint density at radius 1 is 1.38 bits per heavy atom. The molecule has 1 aromatic rings. The normalized spacial score (nSPS) is 22.8. The number of fused-ring (bicyclic) bond motifs is 1. The molecule has 0 spiro atoms. The minimum absolute atomic E-state index is 0. The first-order valence-corrected chi connectivity index (χ1v) is 9.86. The molecular weight excluding hydrogens is 350 g/mol. The maximum atomic E-state index is 12.5. The number of hydrogen-bond acceptors (Lipinski definition) is 4. The van der Waals surface area contributed by atoms with Crippen molar-refractivity contribution in [3.63, 3.8) is 0 Å². The molecule has 1 aromatic carbocycles. The number of carbonyl (C=O) groups is 1. The number of nitrogens with two attached hydrogens (primary N) is 1. The lowest BCUT2D eigenvalue weighted by molar-refractivity contribution is 0.0928. The summed E-state index contributed by atoms with van der Waals surface area (Å²) in [5.74, 6) is 0.255. The zero-order valence-corrected chi connectivity index (χ0v) is 15.3. The lowest BCUT2D eigenvalue weighted by Gasteiger charge is -2.20. The van der Waals surface area contributed by atoms with E-state index in [1.165, 1.54) is 10.6 Å². The molecule has 134 valence electrons. The highest BCUT2D eigenvalue weighted by Crippen LogP contribution is 2.31. The molecule has 1 fully saturated rings. The third-order valence-corrected chi connectivity index (χ3v) is 6.05. The molecule has 0 aromatic heterocycles. The van der Waals surface area contributed by atoms with Crippen molar-refractivity contribution < 1.29 is 13.2 Å². The van der Waals surface area contributed by atoms with Gasteiger partial charge in [-0.15, -0.1) is 12.4 Å². The molecule has 0 radical (unpaired) electrons. The van der Waals surface area contributed by atoms with Gasteiger partial charge in [0.2, 0.25) is 10.0 Å². The quantitative estimate of drug-likeness (QED) is 0.831. The van der Waals surface area contributed by atoms with Crippen molar-refractivity contribution in [2.24, 2.45) is 11.7 Å². The van der Waals surface area contributed by atoms with Crippen molar-refractivity contribution >= 4 is 34.0 Å². The Morgan fingerprint density at radius 2 is 2.12 bits per heavy atom. The van der Waals surface area contributed by atoms with Crippen molar-refractivity contribution in [1.82, 2.24) is 5.32 Å². The number of amides is 1. The Labute approximate surface area is 149 Å². The SMILES string of the molecule is CS(=O)(=O)N1CCc2cc(C(=O)NC3CCCC3CN)ccc21.Cl. The molecule has 2 aliphatic rings. The molecule has 3 N–H and O–H groups in total. The number of sulfonamides is 1. The number of hydrogen-bond donors (Lipinski definition) is 2. The second-order valence-electron chi connectivity index (χ2n) is 6.44. The molecule has 24 heavy (non-hydrogen) atoms. The minimum Gasteiger partial charge on any atom is -0.349 e. The lowest BCUT2D eigenvalue weighted by Crippen LogP contribution is -2.39. The maximum absolute atomic E-state index is 12.5. The summed E-state index contributed by atoms with van der Waals surface area (Å²) >= 11 is 0. The molecule has 1 saturated carbocycles. The second-order valence-corrected chi connectivity index (χ2v) is 8.34. The zero-order valence-electron chi connectivity index (χ0n) is 13.7. The first-order chi connectivity index (χ1) is 10.9. The average molecular weight is 374 g/mol. The van der Waals surface area contributed by atoms with Crippen molar-refractivity contribution in [2.45, 2.75) is 31.7 Å². The Morgan fingerprint density at radius 3 is 2.79 bits per heavy atom. The predicted molar refractivity (Wildman–Crippen MR) is 97.2 cm³/mol. The van der Waals surface area contributed by atoms with Gasteiger partial charge in [0, 0.05) is 18.2 Å². The van der Waals surface area contributed by atoms with Crippen LogP contribution in [0.15, 0.2) is 18.2 Å². The summed E-state index contributed by atoms with van der Waals surface area (Å²) in [6, 6.07) is 5.38. The molecule has 1 aliphatic carbocycles. The summed E-state index contributed by atoms with van der Waals surface area (Å²) in [5, 5.41) is 3.08. The highest BCUT2D eigenvalue weighted by molar-refractivity contribution is 7.92. The summed E-state index contributed by atoms with van der Waals surface area (Å²) in [4.78, 5) is 12.5. The highest BCUT2D eigenvalue weighted by atomic mass is 35.5. The van der Waals surface area contributed by atoms with Crippen molar-refractivity contribution in [3.05, 3.63) is 29.3 Å².